The summed E-state index contributed by atoms with van der Waals surface area (Å²) in [6.45, 7) is 1.17. The lowest BCUT2D eigenvalue weighted by Crippen LogP contribution is -2.52. The highest BCUT2D eigenvalue weighted by Gasteiger charge is 2.46. The first-order valence-corrected chi connectivity index (χ1v) is 15.4. The highest BCUT2D eigenvalue weighted by molar-refractivity contribution is 7.13. The summed E-state index contributed by atoms with van der Waals surface area (Å²) in [4.78, 5) is 21.3. The molecule has 12 heteroatoms. The van der Waals surface area contributed by atoms with E-state index in [1.54, 1.807) is 12.3 Å². The van der Waals surface area contributed by atoms with Crippen LogP contribution in [0.3, 0.4) is 0 Å². The van der Waals surface area contributed by atoms with Gasteiger partial charge in [0.15, 0.2) is 0 Å². The highest BCUT2D eigenvalue weighted by Crippen LogP contribution is 2.48. The smallest absolute Gasteiger partial charge is 0.249 e. The van der Waals surface area contributed by atoms with Crippen molar-refractivity contribution in [1.29, 1.82) is 0 Å². The Balaban J connectivity index is 1.35. The standard InChI is InChI=1S/C31H37F3N4O4S/c1-30(33,34)15-20-12-23-25(16-31(5-3-6-31)42-28(23)37-17-20)36-18-26(39)24(38-27(40)4-8-41-2)13-19-10-21(14-22(32)11-19)29-35-7-9-43-29/h7,9-12,14,17,24-26,36,39H,3-6,8,13,15-16,18H2,1-2H3,(H,38,40)/t24-,25-,26+/m0/s1. The number of aromatic nitrogens is 2. The Morgan fingerprint density at radius 1 is 1.26 bits per heavy atom. The number of ether oxygens (including phenoxy) is 2. The number of hydrogen-bond donors (Lipinski definition) is 3. The monoisotopic (exact) mass is 618 g/mol. The van der Waals surface area contributed by atoms with Crippen molar-refractivity contribution in [1.82, 2.24) is 20.6 Å². The average Bonchev–Trinajstić information content (AvgIpc) is 3.47. The molecule has 1 spiro atoms. The molecular formula is C31H37F3N4O4S. The number of methoxy groups -OCH3 is 1. The van der Waals surface area contributed by atoms with Gasteiger partial charge in [-0.05, 0) is 68.0 Å². The summed E-state index contributed by atoms with van der Waals surface area (Å²) in [5.74, 6) is -3.21. The molecule has 1 amide bonds. The van der Waals surface area contributed by atoms with Gasteiger partial charge in [-0.1, -0.05) is 0 Å². The summed E-state index contributed by atoms with van der Waals surface area (Å²) in [6.07, 6.45) is 5.21. The Morgan fingerprint density at radius 2 is 2.07 bits per heavy atom. The first kappa shape index (κ1) is 31.4. The molecule has 8 nitrogen and oxygen atoms in total. The molecule has 1 aliphatic carbocycles. The second-order valence-electron chi connectivity index (χ2n) is 11.7. The number of alkyl halides is 2. The van der Waals surface area contributed by atoms with E-state index in [0.29, 0.717) is 39.6 Å². The zero-order chi connectivity index (χ0) is 30.6. The Labute approximate surface area is 253 Å². The van der Waals surface area contributed by atoms with Crippen molar-refractivity contribution in [3.8, 4) is 16.5 Å². The second kappa shape index (κ2) is 13.3. The molecule has 3 N–H and O–H groups in total. The van der Waals surface area contributed by atoms with E-state index in [-0.39, 0.29) is 43.5 Å². The third kappa shape index (κ3) is 8.11. The molecule has 232 valence electrons. The van der Waals surface area contributed by atoms with E-state index in [2.05, 4.69) is 20.6 Å². The lowest BCUT2D eigenvalue weighted by molar-refractivity contribution is -0.123. The van der Waals surface area contributed by atoms with Crippen LogP contribution in [0, 0.1) is 5.82 Å². The molecule has 2 aromatic heterocycles. The molecule has 1 aromatic carbocycles. The number of thiazole rings is 1. The summed E-state index contributed by atoms with van der Waals surface area (Å²) in [5, 5.41) is 20.2. The number of amides is 1. The van der Waals surface area contributed by atoms with Crippen molar-refractivity contribution in [2.24, 2.45) is 0 Å². The minimum atomic E-state index is -2.88. The minimum Gasteiger partial charge on any atom is -0.471 e. The zero-order valence-electron chi connectivity index (χ0n) is 24.2. The van der Waals surface area contributed by atoms with Gasteiger partial charge in [-0.3, -0.25) is 4.79 Å². The number of halogens is 3. The van der Waals surface area contributed by atoms with Crippen LogP contribution in [-0.4, -0.2) is 64.9 Å². The summed E-state index contributed by atoms with van der Waals surface area (Å²) in [5.41, 5.74) is 1.91. The fourth-order valence-electron chi connectivity index (χ4n) is 5.77. The van der Waals surface area contributed by atoms with Gasteiger partial charge in [-0.15, -0.1) is 11.3 Å². The van der Waals surface area contributed by atoms with Gasteiger partial charge in [0.25, 0.3) is 0 Å². The van der Waals surface area contributed by atoms with Crippen LogP contribution in [0.2, 0.25) is 0 Å². The Kier molecular flexibility index (Phi) is 9.70. The lowest BCUT2D eigenvalue weighted by Gasteiger charge is -2.47. The maximum Gasteiger partial charge on any atom is 0.249 e. The number of carbonyl (C=O) groups is 1. The number of hydrogen-bond acceptors (Lipinski definition) is 8. The van der Waals surface area contributed by atoms with Crippen LogP contribution in [0.5, 0.6) is 5.88 Å². The van der Waals surface area contributed by atoms with Crippen molar-refractivity contribution in [3.05, 3.63) is 64.5 Å². The number of aliphatic hydroxyl groups excluding tert-OH is 1. The lowest BCUT2D eigenvalue weighted by atomic mass is 9.73. The van der Waals surface area contributed by atoms with Crippen LogP contribution in [0.4, 0.5) is 13.2 Å². The predicted molar refractivity (Wildman–Crippen MR) is 157 cm³/mol. The summed E-state index contributed by atoms with van der Waals surface area (Å²) in [6, 6.07) is 5.25. The third-order valence-electron chi connectivity index (χ3n) is 7.99. The van der Waals surface area contributed by atoms with E-state index >= 15 is 0 Å². The molecular weight excluding hydrogens is 581 g/mol. The van der Waals surface area contributed by atoms with Crippen LogP contribution in [0.25, 0.3) is 10.6 Å². The molecule has 3 heterocycles. The number of nitrogens with one attached hydrogen (secondary N) is 2. The molecule has 3 aromatic rings. The highest BCUT2D eigenvalue weighted by atomic mass is 32.1. The quantitative estimate of drug-likeness (QED) is 0.248. The van der Waals surface area contributed by atoms with Crippen LogP contribution < -0.4 is 15.4 Å². The Hall–Kier alpha value is -3.06. The van der Waals surface area contributed by atoms with Crippen molar-refractivity contribution in [3.63, 3.8) is 0 Å². The fourth-order valence-corrected chi connectivity index (χ4v) is 6.39. The molecule has 1 saturated carbocycles. The number of aliphatic hydroxyl groups is 1. The molecule has 1 fully saturated rings. The summed E-state index contributed by atoms with van der Waals surface area (Å²) in [7, 11) is 1.50. The van der Waals surface area contributed by atoms with Gasteiger partial charge in [0.05, 0.1) is 18.8 Å². The first-order chi connectivity index (χ1) is 20.5. The zero-order valence-corrected chi connectivity index (χ0v) is 25.1. The minimum absolute atomic E-state index is 0.0816. The molecule has 5 rings (SSSR count). The number of benzene rings is 1. The van der Waals surface area contributed by atoms with Crippen molar-refractivity contribution < 1.29 is 32.5 Å². The van der Waals surface area contributed by atoms with E-state index in [1.165, 1.54) is 36.8 Å². The van der Waals surface area contributed by atoms with E-state index < -0.39 is 30.3 Å². The molecule has 2 aliphatic rings. The predicted octanol–water partition coefficient (Wildman–Crippen LogP) is 5.00. The van der Waals surface area contributed by atoms with Gasteiger partial charge in [0.1, 0.15) is 16.4 Å². The summed E-state index contributed by atoms with van der Waals surface area (Å²) >= 11 is 1.39. The normalized spacial score (nSPS) is 18.8. The Morgan fingerprint density at radius 3 is 2.74 bits per heavy atom. The van der Waals surface area contributed by atoms with Gasteiger partial charge in [-0.25, -0.2) is 23.1 Å². The number of fused-ring (bicyclic) bond motifs is 1. The van der Waals surface area contributed by atoms with E-state index in [1.807, 2.05) is 11.4 Å². The summed E-state index contributed by atoms with van der Waals surface area (Å²) < 4.78 is 53.4. The topological polar surface area (TPSA) is 106 Å². The number of carbonyl (C=O) groups excluding carboxylic acids is 1. The molecule has 0 radical (unpaired) electrons. The molecule has 1 aliphatic heterocycles. The van der Waals surface area contributed by atoms with E-state index in [0.717, 1.165) is 26.2 Å². The van der Waals surface area contributed by atoms with Gasteiger partial charge >= 0.3 is 0 Å². The molecule has 3 atom stereocenters. The molecule has 0 saturated heterocycles. The number of rotatable bonds is 13. The van der Waals surface area contributed by atoms with Crippen molar-refractivity contribution in [2.45, 2.75) is 81.6 Å². The average molecular weight is 619 g/mol. The van der Waals surface area contributed by atoms with Crippen molar-refractivity contribution >= 4 is 17.2 Å². The molecule has 43 heavy (non-hydrogen) atoms. The van der Waals surface area contributed by atoms with E-state index in [9.17, 15) is 23.1 Å². The SMILES string of the molecule is COCCC(=O)N[C@@H](Cc1cc(F)cc(-c2nccs2)c1)[C@H](O)CN[C@H]1CC2(CCC2)Oc2ncc(CC(C)(F)F)cc21. The molecule has 0 bridgehead atoms. The van der Waals surface area contributed by atoms with Gasteiger partial charge in [-0.2, -0.15) is 0 Å². The van der Waals surface area contributed by atoms with Crippen molar-refractivity contribution in [2.75, 3.05) is 20.3 Å². The number of nitrogens with zero attached hydrogens (tertiary/aromatic N) is 2. The largest absolute Gasteiger partial charge is 0.471 e. The van der Waals surface area contributed by atoms with Gasteiger partial charge in [0.2, 0.25) is 17.7 Å². The third-order valence-corrected chi connectivity index (χ3v) is 8.81. The second-order valence-corrected chi connectivity index (χ2v) is 12.6. The van der Waals surface area contributed by atoms with E-state index in [4.69, 9.17) is 9.47 Å². The van der Waals surface area contributed by atoms with Crippen LogP contribution >= 0.6 is 11.3 Å². The fraction of sp³-hybridized carbons (Fsp3) is 0.516. The van der Waals surface area contributed by atoms with Gasteiger partial charge < -0.3 is 25.2 Å². The number of pyridine rings is 1. The maximum atomic E-state index is 14.6. The van der Waals surface area contributed by atoms with Gasteiger partial charge in [0, 0.05) is 67.9 Å². The molecule has 0 unspecified atom stereocenters. The van der Waals surface area contributed by atoms with Crippen LogP contribution in [-0.2, 0) is 22.4 Å². The Bertz CT molecular complexity index is 1400. The first-order valence-electron chi connectivity index (χ1n) is 14.5. The maximum absolute atomic E-state index is 14.6. The van der Waals surface area contributed by atoms with Crippen LogP contribution in [0.15, 0.2) is 42.0 Å². The van der Waals surface area contributed by atoms with Crippen LogP contribution in [0.1, 0.15) is 61.8 Å².